The minimum atomic E-state index is -4.46. The predicted octanol–water partition coefficient (Wildman–Crippen LogP) is 3.32. The molecule has 0 rings (SSSR count). The molecule has 0 fully saturated rings. The lowest BCUT2D eigenvalue weighted by Gasteiger charge is -2.25. The molecule has 1 atom stereocenters. The number of halogens is 3. The van der Waals surface area contributed by atoms with E-state index in [1.54, 1.807) is 41.5 Å². The van der Waals surface area contributed by atoms with Gasteiger partial charge in [0.2, 0.25) is 5.91 Å². The first kappa shape index (κ1) is 25.4. The molecule has 0 radical (unpaired) electrons. The van der Waals surface area contributed by atoms with Gasteiger partial charge in [0.05, 0.1) is 25.0 Å². The molecule has 0 aliphatic heterocycles. The van der Waals surface area contributed by atoms with Crippen molar-refractivity contribution in [3.63, 3.8) is 0 Å². The molecule has 0 aromatic carbocycles. The van der Waals surface area contributed by atoms with Crippen molar-refractivity contribution < 1.29 is 37.0 Å². The van der Waals surface area contributed by atoms with E-state index in [0.717, 1.165) is 0 Å². The summed E-state index contributed by atoms with van der Waals surface area (Å²) in [5.74, 6) is -1.99. The SMILES string of the molecule is CC(C)(C)OCC(NC(=O)CCC(F)(F)F)C(=O)CCC(=O)OC(C)(C)C. The number of hydrogen-bond donors (Lipinski definition) is 1. The highest BCUT2D eigenvalue weighted by molar-refractivity contribution is 5.91. The van der Waals surface area contributed by atoms with Crippen molar-refractivity contribution in [3.05, 3.63) is 0 Å². The fraction of sp³-hybridized carbons (Fsp3) is 0.833. The topological polar surface area (TPSA) is 81.7 Å². The number of rotatable bonds is 9. The van der Waals surface area contributed by atoms with E-state index in [4.69, 9.17) is 9.47 Å². The zero-order valence-electron chi connectivity index (χ0n) is 16.8. The van der Waals surface area contributed by atoms with E-state index >= 15 is 0 Å². The third kappa shape index (κ3) is 15.1. The van der Waals surface area contributed by atoms with Gasteiger partial charge in [0.1, 0.15) is 11.6 Å². The first-order chi connectivity index (χ1) is 12.0. The van der Waals surface area contributed by atoms with E-state index in [2.05, 4.69) is 5.32 Å². The fourth-order valence-corrected chi connectivity index (χ4v) is 1.86. The average molecular weight is 397 g/mol. The number of hydrogen-bond acceptors (Lipinski definition) is 5. The molecule has 1 unspecified atom stereocenters. The molecule has 0 heterocycles. The van der Waals surface area contributed by atoms with Crippen molar-refractivity contribution in [1.82, 2.24) is 5.32 Å². The van der Waals surface area contributed by atoms with Crippen molar-refractivity contribution >= 4 is 17.7 Å². The van der Waals surface area contributed by atoms with Gasteiger partial charge >= 0.3 is 12.1 Å². The van der Waals surface area contributed by atoms with Gasteiger partial charge in [-0.25, -0.2) is 0 Å². The second kappa shape index (κ2) is 10.1. The average Bonchev–Trinajstić information content (AvgIpc) is 2.43. The van der Waals surface area contributed by atoms with Crippen LogP contribution < -0.4 is 5.32 Å². The molecule has 1 amide bonds. The first-order valence-electron chi connectivity index (χ1n) is 8.73. The highest BCUT2D eigenvalue weighted by Gasteiger charge is 2.30. The lowest BCUT2D eigenvalue weighted by molar-refractivity contribution is -0.156. The minimum absolute atomic E-state index is 0.194. The second-order valence-corrected chi connectivity index (χ2v) is 8.21. The van der Waals surface area contributed by atoms with E-state index in [9.17, 15) is 27.6 Å². The van der Waals surface area contributed by atoms with Crippen molar-refractivity contribution in [2.45, 2.75) is 90.6 Å². The Morgan fingerprint density at radius 1 is 0.889 bits per heavy atom. The maximum Gasteiger partial charge on any atom is 0.389 e. The maximum atomic E-state index is 12.3. The minimum Gasteiger partial charge on any atom is -0.460 e. The summed E-state index contributed by atoms with van der Waals surface area (Å²) in [5.41, 5.74) is -1.30. The summed E-state index contributed by atoms with van der Waals surface area (Å²) < 4.78 is 47.3. The second-order valence-electron chi connectivity index (χ2n) is 8.21. The van der Waals surface area contributed by atoms with Crippen molar-refractivity contribution in [3.8, 4) is 0 Å². The zero-order chi connectivity index (χ0) is 21.5. The van der Waals surface area contributed by atoms with Crippen LogP contribution >= 0.6 is 0 Å². The normalized spacial score (nSPS) is 13.8. The Morgan fingerprint density at radius 3 is 1.89 bits per heavy atom. The molecular formula is C18H30F3NO5. The molecule has 0 aromatic rings. The lowest BCUT2D eigenvalue weighted by Crippen LogP contribution is -2.46. The monoisotopic (exact) mass is 397 g/mol. The quantitative estimate of drug-likeness (QED) is 0.604. The van der Waals surface area contributed by atoms with Gasteiger partial charge in [0.25, 0.3) is 0 Å². The van der Waals surface area contributed by atoms with E-state index in [1.807, 2.05) is 0 Å². The molecule has 0 aliphatic carbocycles. The van der Waals surface area contributed by atoms with Crippen LogP contribution in [0.5, 0.6) is 0 Å². The standard InChI is InChI=1S/C18H30F3NO5/c1-16(2,3)26-11-12(22-14(24)9-10-18(19,20)21)13(23)7-8-15(25)27-17(4,5)6/h12H,7-11H2,1-6H3,(H,22,24). The number of carbonyl (C=O) groups excluding carboxylic acids is 3. The van der Waals surface area contributed by atoms with Gasteiger partial charge in [-0.1, -0.05) is 0 Å². The Kier molecular flexibility index (Phi) is 9.44. The molecule has 6 nitrogen and oxygen atoms in total. The number of carbonyl (C=O) groups is 3. The van der Waals surface area contributed by atoms with Crippen molar-refractivity contribution in [1.29, 1.82) is 0 Å². The predicted molar refractivity (Wildman–Crippen MR) is 93.0 cm³/mol. The summed E-state index contributed by atoms with van der Waals surface area (Å²) in [6, 6.07) is -1.13. The molecule has 1 N–H and O–H groups in total. The van der Waals surface area contributed by atoms with Crippen LogP contribution in [0.25, 0.3) is 0 Å². The van der Waals surface area contributed by atoms with Gasteiger partial charge < -0.3 is 14.8 Å². The van der Waals surface area contributed by atoms with Crippen LogP contribution in [0.4, 0.5) is 13.2 Å². The summed E-state index contributed by atoms with van der Waals surface area (Å²) in [4.78, 5) is 35.8. The maximum absolute atomic E-state index is 12.3. The van der Waals surface area contributed by atoms with Gasteiger partial charge in [0.15, 0.2) is 5.78 Å². The molecule has 27 heavy (non-hydrogen) atoms. The number of alkyl halides is 3. The largest absolute Gasteiger partial charge is 0.460 e. The Balaban J connectivity index is 4.79. The lowest BCUT2D eigenvalue weighted by atomic mass is 10.1. The van der Waals surface area contributed by atoms with Gasteiger partial charge in [-0.05, 0) is 41.5 Å². The molecule has 0 saturated heterocycles. The third-order valence-corrected chi connectivity index (χ3v) is 3.04. The summed E-state index contributed by atoms with van der Waals surface area (Å²) in [5, 5.41) is 2.27. The van der Waals surface area contributed by atoms with E-state index in [-0.39, 0.29) is 19.4 Å². The molecule has 158 valence electrons. The molecule has 0 aliphatic rings. The number of nitrogens with one attached hydrogen (secondary N) is 1. The third-order valence-electron chi connectivity index (χ3n) is 3.04. The zero-order valence-corrected chi connectivity index (χ0v) is 16.8. The van der Waals surface area contributed by atoms with Gasteiger partial charge in [-0.3, -0.25) is 14.4 Å². The van der Waals surface area contributed by atoms with E-state index < -0.39 is 53.9 Å². The van der Waals surface area contributed by atoms with E-state index in [0.29, 0.717) is 0 Å². The summed E-state index contributed by atoms with van der Waals surface area (Å²) in [6.07, 6.45) is -6.94. The fourth-order valence-electron chi connectivity index (χ4n) is 1.86. The van der Waals surface area contributed by atoms with Crippen LogP contribution in [0.3, 0.4) is 0 Å². The van der Waals surface area contributed by atoms with E-state index in [1.165, 1.54) is 0 Å². The highest BCUT2D eigenvalue weighted by Crippen LogP contribution is 2.21. The van der Waals surface area contributed by atoms with Crippen molar-refractivity contribution in [2.24, 2.45) is 0 Å². The van der Waals surface area contributed by atoms with Crippen LogP contribution in [0.2, 0.25) is 0 Å². The Bertz CT molecular complexity index is 519. The molecule has 0 aromatic heterocycles. The van der Waals surface area contributed by atoms with Crippen LogP contribution in [0.15, 0.2) is 0 Å². The van der Waals surface area contributed by atoms with Crippen molar-refractivity contribution in [2.75, 3.05) is 6.61 Å². The Hall–Kier alpha value is -1.64. The van der Waals surface area contributed by atoms with Crippen LogP contribution in [-0.2, 0) is 23.9 Å². The summed E-state index contributed by atoms with van der Waals surface area (Å²) >= 11 is 0. The van der Waals surface area contributed by atoms with Gasteiger partial charge in [0, 0.05) is 12.8 Å². The van der Waals surface area contributed by atoms with Crippen LogP contribution in [0, 0.1) is 0 Å². The number of esters is 1. The molecule has 9 heteroatoms. The molecular weight excluding hydrogens is 367 g/mol. The number of ketones is 1. The molecule has 0 saturated carbocycles. The Morgan fingerprint density at radius 2 is 1.44 bits per heavy atom. The van der Waals surface area contributed by atoms with Gasteiger partial charge in [-0.15, -0.1) is 0 Å². The first-order valence-corrected chi connectivity index (χ1v) is 8.73. The Labute approximate surface area is 158 Å². The van der Waals surface area contributed by atoms with Crippen LogP contribution in [-0.4, -0.2) is 47.7 Å². The molecule has 0 spiro atoms. The summed E-state index contributed by atoms with van der Waals surface area (Å²) in [6.45, 7) is 10.1. The van der Waals surface area contributed by atoms with Gasteiger partial charge in [-0.2, -0.15) is 13.2 Å². The number of Topliss-reactive ketones (excluding diaryl/α,β-unsaturated/α-hetero) is 1. The number of amides is 1. The van der Waals surface area contributed by atoms with Crippen LogP contribution in [0.1, 0.15) is 67.2 Å². The smallest absolute Gasteiger partial charge is 0.389 e. The summed E-state index contributed by atoms with van der Waals surface area (Å²) in [7, 11) is 0. The highest BCUT2D eigenvalue weighted by atomic mass is 19.4. The number of ether oxygens (including phenoxy) is 2. The molecule has 0 bridgehead atoms.